The van der Waals surface area contributed by atoms with E-state index in [1.807, 2.05) is 0 Å². The standard InChI is InChI=1S/C17H35N3/c1-14-7-8-15(2)17(11-14,12-18)20(5)13-16(19(3)4)9-6-10-16/h14-15H,6-13,18H2,1-5H3. The van der Waals surface area contributed by atoms with Gasteiger partial charge < -0.3 is 10.6 Å². The lowest BCUT2D eigenvalue weighted by Crippen LogP contribution is -2.65. The molecule has 3 atom stereocenters. The van der Waals surface area contributed by atoms with E-state index < -0.39 is 0 Å². The summed E-state index contributed by atoms with van der Waals surface area (Å²) in [5, 5.41) is 0. The lowest BCUT2D eigenvalue weighted by molar-refractivity contribution is -0.0456. The number of rotatable bonds is 5. The van der Waals surface area contributed by atoms with Crippen molar-refractivity contribution in [1.82, 2.24) is 9.80 Å². The number of hydrogen-bond acceptors (Lipinski definition) is 3. The van der Waals surface area contributed by atoms with Crippen LogP contribution in [0.15, 0.2) is 0 Å². The summed E-state index contributed by atoms with van der Waals surface area (Å²) in [6.07, 6.45) is 8.04. The van der Waals surface area contributed by atoms with Crippen LogP contribution in [0.2, 0.25) is 0 Å². The highest BCUT2D eigenvalue weighted by Gasteiger charge is 2.47. The van der Waals surface area contributed by atoms with Gasteiger partial charge in [0.25, 0.3) is 0 Å². The smallest absolute Gasteiger partial charge is 0.0357 e. The molecular formula is C17H35N3. The van der Waals surface area contributed by atoms with E-state index in [0.717, 1.165) is 12.5 Å². The molecule has 2 rings (SSSR count). The highest BCUT2D eigenvalue weighted by Crippen LogP contribution is 2.43. The minimum Gasteiger partial charge on any atom is -0.329 e. The van der Waals surface area contributed by atoms with Crippen molar-refractivity contribution in [2.75, 3.05) is 34.2 Å². The van der Waals surface area contributed by atoms with Crippen LogP contribution in [0, 0.1) is 11.8 Å². The van der Waals surface area contributed by atoms with Crippen LogP contribution in [0.1, 0.15) is 52.4 Å². The van der Waals surface area contributed by atoms with Gasteiger partial charge in [-0.25, -0.2) is 0 Å². The summed E-state index contributed by atoms with van der Waals surface area (Å²) in [6.45, 7) is 6.79. The summed E-state index contributed by atoms with van der Waals surface area (Å²) in [6, 6.07) is 0. The molecule has 0 aromatic carbocycles. The van der Waals surface area contributed by atoms with Gasteiger partial charge in [0.1, 0.15) is 0 Å². The average molecular weight is 281 g/mol. The van der Waals surface area contributed by atoms with Crippen molar-refractivity contribution in [3.8, 4) is 0 Å². The predicted octanol–water partition coefficient (Wildman–Crippen LogP) is 2.56. The molecule has 0 aliphatic heterocycles. The van der Waals surface area contributed by atoms with E-state index in [1.165, 1.54) is 45.1 Å². The highest BCUT2D eigenvalue weighted by molar-refractivity contribution is 5.04. The second-order valence-corrected chi connectivity index (χ2v) is 7.92. The first-order valence-electron chi connectivity index (χ1n) is 8.45. The normalized spacial score (nSPS) is 37.2. The molecule has 0 heterocycles. The fourth-order valence-corrected chi connectivity index (χ4v) is 4.61. The Bertz CT molecular complexity index is 324. The van der Waals surface area contributed by atoms with Gasteiger partial charge in [0, 0.05) is 24.2 Å². The number of hydrogen-bond donors (Lipinski definition) is 1. The van der Waals surface area contributed by atoms with Crippen LogP contribution in [-0.2, 0) is 0 Å². The van der Waals surface area contributed by atoms with Gasteiger partial charge in [0.2, 0.25) is 0 Å². The molecule has 0 amide bonds. The van der Waals surface area contributed by atoms with Crippen LogP contribution >= 0.6 is 0 Å². The van der Waals surface area contributed by atoms with Crippen molar-refractivity contribution in [1.29, 1.82) is 0 Å². The molecule has 2 aliphatic rings. The van der Waals surface area contributed by atoms with E-state index in [2.05, 4.69) is 44.8 Å². The molecule has 0 bridgehead atoms. The Balaban J connectivity index is 2.13. The zero-order valence-electron chi connectivity index (χ0n) is 14.3. The minimum atomic E-state index is 0.219. The lowest BCUT2D eigenvalue weighted by Gasteiger charge is -2.56. The van der Waals surface area contributed by atoms with Crippen molar-refractivity contribution in [3.63, 3.8) is 0 Å². The van der Waals surface area contributed by atoms with Gasteiger partial charge in [-0.3, -0.25) is 4.90 Å². The van der Waals surface area contributed by atoms with Crippen LogP contribution in [0.4, 0.5) is 0 Å². The van der Waals surface area contributed by atoms with Crippen molar-refractivity contribution >= 4 is 0 Å². The first-order chi connectivity index (χ1) is 9.36. The summed E-state index contributed by atoms with van der Waals surface area (Å²) >= 11 is 0. The zero-order valence-corrected chi connectivity index (χ0v) is 14.3. The number of likely N-dealkylation sites (N-methyl/N-ethyl adjacent to an activating group) is 2. The topological polar surface area (TPSA) is 32.5 Å². The fraction of sp³-hybridized carbons (Fsp3) is 1.00. The second kappa shape index (κ2) is 5.94. The van der Waals surface area contributed by atoms with E-state index in [1.54, 1.807) is 0 Å². The van der Waals surface area contributed by atoms with Crippen LogP contribution in [-0.4, -0.2) is 55.1 Å². The summed E-state index contributed by atoms with van der Waals surface area (Å²) in [7, 11) is 6.81. The molecule has 3 heteroatoms. The van der Waals surface area contributed by atoms with Gasteiger partial charge in [-0.15, -0.1) is 0 Å². The van der Waals surface area contributed by atoms with E-state index >= 15 is 0 Å². The lowest BCUT2D eigenvalue weighted by atomic mass is 9.67. The van der Waals surface area contributed by atoms with Gasteiger partial charge in [0.05, 0.1) is 0 Å². The largest absolute Gasteiger partial charge is 0.329 e. The second-order valence-electron chi connectivity index (χ2n) is 7.92. The van der Waals surface area contributed by atoms with Crippen LogP contribution in [0.25, 0.3) is 0 Å². The molecule has 2 saturated carbocycles. The Labute approximate surface area is 125 Å². The molecule has 2 aliphatic carbocycles. The summed E-state index contributed by atoms with van der Waals surface area (Å²) in [5.41, 5.74) is 6.91. The molecule has 0 aromatic heterocycles. The maximum absolute atomic E-state index is 6.29. The first kappa shape index (κ1) is 16.3. The van der Waals surface area contributed by atoms with Crippen molar-refractivity contribution in [3.05, 3.63) is 0 Å². The van der Waals surface area contributed by atoms with Crippen LogP contribution < -0.4 is 5.73 Å². The van der Waals surface area contributed by atoms with Gasteiger partial charge in [-0.2, -0.15) is 0 Å². The zero-order chi connectivity index (χ0) is 15.0. The molecule has 3 nitrogen and oxygen atoms in total. The summed E-state index contributed by atoms with van der Waals surface area (Å²) < 4.78 is 0. The Hall–Kier alpha value is -0.120. The molecule has 20 heavy (non-hydrogen) atoms. The maximum Gasteiger partial charge on any atom is 0.0357 e. The Kier molecular flexibility index (Phi) is 4.83. The van der Waals surface area contributed by atoms with Crippen LogP contribution in [0.3, 0.4) is 0 Å². The van der Waals surface area contributed by atoms with E-state index in [-0.39, 0.29) is 5.54 Å². The SMILES string of the molecule is CC1CCC(C)C(CN)(N(C)CC2(N(C)C)CCC2)C1. The number of nitrogens with two attached hydrogens (primary N) is 1. The van der Waals surface area contributed by atoms with Crippen LogP contribution in [0.5, 0.6) is 0 Å². The molecule has 118 valence electrons. The third kappa shape index (κ3) is 2.65. The molecule has 0 radical (unpaired) electrons. The van der Waals surface area contributed by atoms with E-state index in [4.69, 9.17) is 5.73 Å². The third-order valence-corrected chi connectivity index (χ3v) is 6.59. The molecule has 2 N–H and O–H groups in total. The first-order valence-corrected chi connectivity index (χ1v) is 8.45. The summed E-state index contributed by atoms with van der Waals surface area (Å²) in [5.74, 6) is 1.53. The minimum absolute atomic E-state index is 0.219. The molecule has 0 spiro atoms. The molecule has 0 saturated heterocycles. The Morgan fingerprint density at radius 3 is 2.20 bits per heavy atom. The van der Waals surface area contributed by atoms with Gasteiger partial charge in [-0.1, -0.05) is 20.3 Å². The van der Waals surface area contributed by atoms with Crippen molar-refractivity contribution in [2.45, 2.75) is 63.5 Å². The summed E-state index contributed by atoms with van der Waals surface area (Å²) in [4.78, 5) is 5.08. The molecular weight excluding hydrogens is 246 g/mol. The molecule has 2 fully saturated rings. The third-order valence-electron chi connectivity index (χ3n) is 6.59. The quantitative estimate of drug-likeness (QED) is 0.840. The average Bonchev–Trinajstić information content (AvgIpc) is 2.36. The van der Waals surface area contributed by atoms with Gasteiger partial charge >= 0.3 is 0 Å². The van der Waals surface area contributed by atoms with E-state index in [0.29, 0.717) is 11.5 Å². The van der Waals surface area contributed by atoms with Gasteiger partial charge in [-0.05, 0) is 65.1 Å². The monoisotopic (exact) mass is 281 g/mol. The predicted molar refractivity (Wildman–Crippen MR) is 86.9 cm³/mol. The Morgan fingerprint density at radius 2 is 1.75 bits per heavy atom. The van der Waals surface area contributed by atoms with Crippen molar-refractivity contribution in [2.24, 2.45) is 17.6 Å². The fourth-order valence-electron chi connectivity index (χ4n) is 4.61. The van der Waals surface area contributed by atoms with Crippen molar-refractivity contribution < 1.29 is 0 Å². The maximum atomic E-state index is 6.29. The Morgan fingerprint density at radius 1 is 1.10 bits per heavy atom. The van der Waals surface area contributed by atoms with Gasteiger partial charge in [0.15, 0.2) is 0 Å². The highest BCUT2D eigenvalue weighted by atomic mass is 15.3. The van der Waals surface area contributed by atoms with E-state index in [9.17, 15) is 0 Å². The molecule has 3 unspecified atom stereocenters. The molecule has 0 aromatic rings. The number of nitrogens with zero attached hydrogens (tertiary/aromatic N) is 2.